The predicted octanol–water partition coefficient (Wildman–Crippen LogP) is 2.32. The molecule has 23 heavy (non-hydrogen) atoms. The normalized spacial score (nSPS) is 31.1. The van der Waals surface area contributed by atoms with Crippen LogP contribution in [0.4, 0.5) is 0 Å². The van der Waals surface area contributed by atoms with Crippen molar-refractivity contribution in [2.45, 2.75) is 43.3 Å². The third kappa shape index (κ3) is 3.38. The molecule has 2 aliphatic heterocycles. The van der Waals surface area contributed by atoms with Gasteiger partial charge in [0.1, 0.15) is 6.10 Å². The van der Waals surface area contributed by atoms with Crippen molar-refractivity contribution in [3.05, 3.63) is 35.9 Å². The second kappa shape index (κ2) is 6.93. The van der Waals surface area contributed by atoms with Crippen LogP contribution in [0.1, 0.15) is 31.4 Å². The number of carboxylic acids is 1. The zero-order valence-corrected chi connectivity index (χ0v) is 13.9. The number of hydrogen-bond donors (Lipinski definition) is 1. The molecule has 124 valence electrons. The van der Waals surface area contributed by atoms with Crippen LogP contribution in [0.2, 0.25) is 0 Å². The molecule has 2 unspecified atom stereocenters. The van der Waals surface area contributed by atoms with Gasteiger partial charge in [-0.2, -0.15) is 11.8 Å². The van der Waals surface area contributed by atoms with Crippen molar-refractivity contribution in [3.63, 3.8) is 0 Å². The van der Waals surface area contributed by atoms with Crippen LogP contribution in [0, 0.1) is 0 Å². The van der Waals surface area contributed by atoms with Crippen molar-refractivity contribution >= 4 is 23.6 Å². The third-order valence-electron chi connectivity index (χ3n) is 4.49. The van der Waals surface area contributed by atoms with E-state index in [4.69, 9.17) is 9.84 Å². The Bertz CT molecular complexity index is 579. The van der Waals surface area contributed by atoms with Gasteiger partial charge >= 0.3 is 5.97 Å². The number of hydrogen-bond acceptors (Lipinski definition) is 4. The maximum absolute atomic E-state index is 12.9. The van der Waals surface area contributed by atoms with E-state index in [0.29, 0.717) is 24.6 Å². The fraction of sp³-hybridized carbons (Fsp3) is 0.529. The highest BCUT2D eigenvalue weighted by atomic mass is 32.2. The maximum atomic E-state index is 12.9. The highest BCUT2D eigenvalue weighted by Crippen LogP contribution is 2.37. The topological polar surface area (TPSA) is 66.8 Å². The number of ether oxygens (including phenoxy) is 1. The highest BCUT2D eigenvalue weighted by molar-refractivity contribution is 8.00. The van der Waals surface area contributed by atoms with E-state index in [-0.39, 0.29) is 11.9 Å². The first-order valence-electron chi connectivity index (χ1n) is 7.93. The molecule has 0 bridgehead atoms. The summed E-state index contributed by atoms with van der Waals surface area (Å²) in [6, 6.07) is 10.0. The standard InChI is InChI=1S/C17H21NO4S/c1-11-15(12-5-3-2-4-6-12)18(9-10-23-11)16(19)13-7-8-14(22-13)17(20)21/h2-6,11,13-15H,7-10H2,1H3,(H,20,21)/t11?,13-,14+,15?/m0/s1. The molecule has 0 aliphatic carbocycles. The summed E-state index contributed by atoms with van der Waals surface area (Å²) in [4.78, 5) is 25.8. The van der Waals surface area contributed by atoms with Gasteiger partial charge in [0.05, 0.1) is 6.04 Å². The van der Waals surface area contributed by atoms with E-state index in [1.807, 2.05) is 47.0 Å². The number of benzene rings is 1. The first-order chi connectivity index (χ1) is 11.1. The Morgan fingerprint density at radius 1 is 1.22 bits per heavy atom. The Hall–Kier alpha value is -1.53. The summed E-state index contributed by atoms with van der Waals surface area (Å²) in [5.74, 6) is -0.164. The van der Waals surface area contributed by atoms with E-state index in [1.165, 1.54) is 0 Å². The third-order valence-corrected chi connectivity index (χ3v) is 5.69. The molecule has 0 spiro atoms. The molecule has 1 aromatic rings. The quantitative estimate of drug-likeness (QED) is 0.918. The molecule has 2 saturated heterocycles. The average Bonchev–Trinajstić information content (AvgIpc) is 3.05. The van der Waals surface area contributed by atoms with Gasteiger partial charge in [0.25, 0.3) is 5.91 Å². The Kier molecular flexibility index (Phi) is 4.92. The van der Waals surface area contributed by atoms with Gasteiger partial charge in [-0.05, 0) is 18.4 Å². The molecule has 3 rings (SSSR count). The lowest BCUT2D eigenvalue weighted by Gasteiger charge is -2.41. The molecular weight excluding hydrogens is 314 g/mol. The Morgan fingerprint density at radius 3 is 2.57 bits per heavy atom. The summed E-state index contributed by atoms with van der Waals surface area (Å²) in [5, 5.41) is 9.34. The van der Waals surface area contributed by atoms with Crippen molar-refractivity contribution in [2.75, 3.05) is 12.3 Å². The number of amides is 1. The molecule has 4 atom stereocenters. The lowest BCUT2D eigenvalue weighted by Crippen LogP contribution is -2.48. The molecule has 1 aromatic carbocycles. The minimum absolute atomic E-state index is 0.00919. The molecule has 0 radical (unpaired) electrons. The lowest BCUT2D eigenvalue weighted by molar-refractivity contribution is -0.155. The SMILES string of the molecule is CC1SCCN(C(=O)[C@@H]2CC[C@H](C(=O)O)O2)C1c1ccccc1. The largest absolute Gasteiger partial charge is 0.479 e. The van der Waals surface area contributed by atoms with E-state index < -0.39 is 18.2 Å². The average molecular weight is 335 g/mol. The van der Waals surface area contributed by atoms with Crippen LogP contribution in [0.25, 0.3) is 0 Å². The number of rotatable bonds is 3. The summed E-state index contributed by atoms with van der Waals surface area (Å²) >= 11 is 1.86. The molecule has 0 saturated carbocycles. The van der Waals surface area contributed by atoms with E-state index in [0.717, 1.165) is 11.3 Å². The van der Waals surface area contributed by atoms with Crippen molar-refractivity contribution in [2.24, 2.45) is 0 Å². The Labute approximate surface area is 140 Å². The van der Waals surface area contributed by atoms with E-state index in [9.17, 15) is 9.59 Å². The van der Waals surface area contributed by atoms with E-state index >= 15 is 0 Å². The number of nitrogens with zero attached hydrogens (tertiary/aromatic N) is 1. The van der Waals surface area contributed by atoms with Crippen LogP contribution in [-0.2, 0) is 14.3 Å². The fourth-order valence-electron chi connectivity index (χ4n) is 3.35. The van der Waals surface area contributed by atoms with Gasteiger partial charge in [-0.25, -0.2) is 4.79 Å². The number of aliphatic carboxylic acids is 1. The summed E-state index contributed by atoms with van der Waals surface area (Å²) in [5.41, 5.74) is 1.12. The molecule has 2 aliphatic rings. The van der Waals surface area contributed by atoms with Crippen molar-refractivity contribution in [1.29, 1.82) is 0 Å². The van der Waals surface area contributed by atoms with Crippen LogP contribution in [0.5, 0.6) is 0 Å². The van der Waals surface area contributed by atoms with Crippen molar-refractivity contribution < 1.29 is 19.4 Å². The van der Waals surface area contributed by atoms with Gasteiger partial charge < -0.3 is 14.7 Å². The van der Waals surface area contributed by atoms with Crippen LogP contribution in [0.15, 0.2) is 30.3 Å². The second-order valence-electron chi connectivity index (χ2n) is 5.99. The number of thioether (sulfide) groups is 1. The predicted molar refractivity (Wildman–Crippen MR) is 88.3 cm³/mol. The fourth-order valence-corrected chi connectivity index (χ4v) is 4.51. The van der Waals surface area contributed by atoms with Crippen molar-refractivity contribution in [1.82, 2.24) is 4.90 Å². The van der Waals surface area contributed by atoms with Crippen LogP contribution >= 0.6 is 11.8 Å². The summed E-state index contributed by atoms with van der Waals surface area (Å²) < 4.78 is 5.46. The molecule has 6 heteroatoms. The summed E-state index contributed by atoms with van der Waals surface area (Å²) in [7, 11) is 0. The number of carbonyl (C=O) groups excluding carboxylic acids is 1. The first kappa shape index (κ1) is 16.3. The van der Waals surface area contributed by atoms with E-state index in [2.05, 4.69) is 6.92 Å². The Morgan fingerprint density at radius 2 is 1.91 bits per heavy atom. The summed E-state index contributed by atoms with van der Waals surface area (Å²) in [6.07, 6.45) is -0.594. The molecule has 5 nitrogen and oxygen atoms in total. The minimum atomic E-state index is -0.984. The molecule has 1 N–H and O–H groups in total. The molecule has 2 heterocycles. The molecule has 0 aromatic heterocycles. The minimum Gasteiger partial charge on any atom is -0.479 e. The van der Waals surface area contributed by atoms with Crippen LogP contribution in [-0.4, -0.2) is 51.6 Å². The molecule has 2 fully saturated rings. The highest BCUT2D eigenvalue weighted by Gasteiger charge is 2.41. The maximum Gasteiger partial charge on any atom is 0.332 e. The second-order valence-corrected chi connectivity index (χ2v) is 7.48. The summed E-state index contributed by atoms with van der Waals surface area (Å²) in [6.45, 7) is 2.81. The van der Waals surface area contributed by atoms with Crippen molar-refractivity contribution in [3.8, 4) is 0 Å². The lowest BCUT2D eigenvalue weighted by atomic mass is 10.0. The van der Waals surface area contributed by atoms with E-state index in [1.54, 1.807) is 0 Å². The smallest absolute Gasteiger partial charge is 0.332 e. The van der Waals surface area contributed by atoms with Gasteiger partial charge in [-0.15, -0.1) is 0 Å². The van der Waals surface area contributed by atoms with Gasteiger partial charge in [0.2, 0.25) is 0 Å². The van der Waals surface area contributed by atoms with Crippen LogP contribution < -0.4 is 0 Å². The number of carboxylic acid groups (broad SMARTS) is 1. The van der Waals surface area contributed by atoms with Crippen LogP contribution in [0.3, 0.4) is 0 Å². The van der Waals surface area contributed by atoms with Gasteiger partial charge in [0, 0.05) is 17.5 Å². The van der Waals surface area contributed by atoms with Gasteiger partial charge in [-0.3, -0.25) is 4.79 Å². The van der Waals surface area contributed by atoms with Gasteiger partial charge in [-0.1, -0.05) is 37.3 Å². The monoisotopic (exact) mass is 335 g/mol. The zero-order valence-electron chi connectivity index (χ0n) is 13.1. The molecule has 1 amide bonds. The number of carbonyl (C=O) groups is 2. The first-order valence-corrected chi connectivity index (χ1v) is 8.98. The zero-order chi connectivity index (χ0) is 16.4. The van der Waals surface area contributed by atoms with Gasteiger partial charge in [0.15, 0.2) is 6.10 Å². The molecular formula is C17H21NO4S. The Balaban J connectivity index is 1.79.